The molecule has 0 fully saturated rings. The van der Waals surface area contributed by atoms with Gasteiger partial charge in [0.1, 0.15) is 6.54 Å². The Kier molecular flexibility index (Phi) is 6.48. The van der Waals surface area contributed by atoms with Crippen LogP contribution in [0.4, 0.5) is 13.2 Å². The first-order chi connectivity index (χ1) is 14.0. The van der Waals surface area contributed by atoms with Crippen molar-refractivity contribution in [2.24, 2.45) is 0 Å². The predicted octanol–water partition coefficient (Wildman–Crippen LogP) is 3.45. The van der Waals surface area contributed by atoms with E-state index in [0.717, 1.165) is 17.8 Å². The zero-order chi connectivity index (χ0) is 22.1. The largest absolute Gasteiger partial charge is 0.480 e. The van der Waals surface area contributed by atoms with Crippen molar-refractivity contribution >= 4 is 27.8 Å². The molecule has 164 valence electrons. The van der Waals surface area contributed by atoms with E-state index in [9.17, 15) is 26.4 Å². The van der Waals surface area contributed by atoms with Gasteiger partial charge in [-0.15, -0.1) is 11.8 Å². The fraction of sp³-hybridized carbons (Fsp3) is 0.444. The number of nitrogens with zero attached hydrogens (tertiary/aromatic N) is 2. The van der Waals surface area contributed by atoms with Crippen LogP contribution < -0.4 is 4.72 Å². The van der Waals surface area contributed by atoms with Gasteiger partial charge in [-0.1, -0.05) is 6.92 Å². The van der Waals surface area contributed by atoms with Gasteiger partial charge >= 0.3 is 12.1 Å². The molecule has 12 heteroatoms. The average Bonchev–Trinajstić information content (AvgIpc) is 3.04. The van der Waals surface area contributed by atoms with Crippen LogP contribution in [-0.4, -0.2) is 35.0 Å². The Hall–Kier alpha value is -2.05. The Bertz CT molecular complexity index is 1050. The summed E-state index contributed by atoms with van der Waals surface area (Å²) in [7, 11) is -4.26. The number of fused-ring (bicyclic) bond motifs is 1. The third-order valence-electron chi connectivity index (χ3n) is 4.67. The SMILES string of the molecule is CCSc1cc(C(F)(F)F)cc(S(=O)(=O)N[C@@H]2CCCc3c2cnn3CC(=O)O)c1. The van der Waals surface area contributed by atoms with E-state index in [0.29, 0.717) is 42.3 Å². The second kappa shape index (κ2) is 8.60. The molecule has 2 aromatic rings. The molecule has 0 radical (unpaired) electrons. The average molecular weight is 464 g/mol. The van der Waals surface area contributed by atoms with Gasteiger partial charge in [-0.25, -0.2) is 13.1 Å². The van der Waals surface area contributed by atoms with Crippen LogP contribution in [0.2, 0.25) is 0 Å². The molecule has 1 aromatic heterocycles. The lowest BCUT2D eigenvalue weighted by molar-refractivity contribution is -0.138. The standard InChI is InChI=1S/C18H20F3N3O4S2/c1-2-29-12-6-11(18(19,20)21)7-13(8-12)30(27,28)23-15-4-3-5-16-14(15)9-22-24(16)10-17(25)26/h6-9,15,23H,2-5,10H2,1H3,(H,25,26)/t15-/m1/s1. The van der Waals surface area contributed by atoms with Gasteiger partial charge in [-0.3, -0.25) is 9.48 Å². The third-order valence-corrected chi connectivity index (χ3v) is 6.98. The van der Waals surface area contributed by atoms with Crippen molar-refractivity contribution in [1.82, 2.24) is 14.5 Å². The molecule has 7 nitrogen and oxygen atoms in total. The smallest absolute Gasteiger partial charge is 0.416 e. The Balaban J connectivity index is 1.94. The quantitative estimate of drug-likeness (QED) is 0.610. The van der Waals surface area contributed by atoms with Gasteiger partial charge in [0.05, 0.1) is 22.7 Å². The third kappa shape index (κ3) is 4.98. The molecule has 30 heavy (non-hydrogen) atoms. The van der Waals surface area contributed by atoms with Gasteiger partial charge in [-0.05, 0) is 43.2 Å². The number of alkyl halides is 3. The van der Waals surface area contributed by atoms with Gasteiger partial charge in [-0.2, -0.15) is 18.3 Å². The lowest BCUT2D eigenvalue weighted by atomic mass is 9.94. The first-order valence-electron chi connectivity index (χ1n) is 9.15. The van der Waals surface area contributed by atoms with Crippen LogP contribution in [0, 0.1) is 0 Å². The van der Waals surface area contributed by atoms with Crippen molar-refractivity contribution in [3.63, 3.8) is 0 Å². The number of thioether (sulfide) groups is 1. The molecule has 3 rings (SSSR count). The lowest BCUT2D eigenvalue weighted by Crippen LogP contribution is -2.31. The number of rotatable bonds is 7. The fourth-order valence-electron chi connectivity index (χ4n) is 3.40. The van der Waals surface area contributed by atoms with Crippen molar-refractivity contribution in [2.45, 2.75) is 54.7 Å². The predicted molar refractivity (Wildman–Crippen MR) is 104 cm³/mol. The normalized spacial score (nSPS) is 17.0. The first kappa shape index (κ1) is 22.6. The summed E-state index contributed by atoms with van der Waals surface area (Å²) in [4.78, 5) is 10.7. The van der Waals surface area contributed by atoms with Gasteiger partial charge in [0.15, 0.2) is 0 Å². The van der Waals surface area contributed by atoms with Crippen molar-refractivity contribution in [3.8, 4) is 0 Å². The molecule has 0 spiro atoms. The highest BCUT2D eigenvalue weighted by molar-refractivity contribution is 7.99. The number of carboxylic acids is 1. The maximum Gasteiger partial charge on any atom is 0.416 e. The topological polar surface area (TPSA) is 101 Å². The van der Waals surface area contributed by atoms with Gasteiger partial charge in [0.25, 0.3) is 0 Å². The summed E-state index contributed by atoms with van der Waals surface area (Å²) in [5.74, 6) is -0.586. The molecule has 1 aliphatic rings. The molecule has 0 saturated heterocycles. The summed E-state index contributed by atoms with van der Waals surface area (Å²) in [5.41, 5.74) is 0.128. The van der Waals surface area contributed by atoms with Crippen molar-refractivity contribution < 1.29 is 31.5 Å². The van der Waals surface area contributed by atoms with E-state index < -0.39 is 38.7 Å². The maximum absolute atomic E-state index is 13.3. The van der Waals surface area contributed by atoms with E-state index in [-0.39, 0.29) is 11.4 Å². The highest BCUT2D eigenvalue weighted by atomic mass is 32.2. The number of aliphatic carboxylic acids is 1. The monoisotopic (exact) mass is 463 g/mol. The minimum atomic E-state index is -4.68. The van der Waals surface area contributed by atoms with Crippen molar-refractivity contribution in [3.05, 3.63) is 41.2 Å². The van der Waals surface area contributed by atoms with Gasteiger partial charge in [0, 0.05) is 16.2 Å². The number of halogens is 3. The first-order valence-corrected chi connectivity index (χ1v) is 11.6. The number of aromatic nitrogens is 2. The molecule has 0 aliphatic heterocycles. The molecule has 0 unspecified atom stereocenters. The van der Waals surface area contributed by atoms with Crippen LogP contribution in [0.25, 0.3) is 0 Å². The Morgan fingerprint density at radius 1 is 1.37 bits per heavy atom. The second-order valence-electron chi connectivity index (χ2n) is 6.79. The summed E-state index contributed by atoms with van der Waals surface area (Å²) in [6.07, 6.45) is -1.70. The van der Waals surface area contributed by atoms with E-state index in [4.69, 9.17) is 5.11 Å². The number of carboxylic acid groups (broad SMARTS) is 1. The molecule has 1 aromatic carbocycles. The van der Waals surface area contributed by atoms with Crippen LogP contribution in [0.1, 0.15) is 42.6 Å². The minimum absolute atomic E-state index is 0.214. The van der Waals surface area contributed by atoms with E-state index in [1.165, 1.54) is 16.9 Å². The van der Waals surface area contributed by atoms with Gasteiger partial charge in [0.2, 0.25) is 10.0 Å². The molecular formula is C18H20F3N3O4S2. The summed E-state index contributed by atoms with van der Waals surface area (Å²) >= 11 is 1.12. The molecule has 1 atom stereocenters. The van der Waals surface area contributed by atoms with Crippen molar-refractivity contribution in [1.29, 1.82) is 0 Å². The van der Waals surface area contributed by atoms with E-state index in [2.05, 4.69) is 9.82 Å². The summed E-state index contributed by atoms with van der Waals surface area (Å²) in [6, 6.07) is 2.09. The van der Waals surface area contributed by atoms with E-state index in [1.54, 1.807) is 6.92 Å². The number of hydrogen-bond acceptors (Lipinski definition) is 5. The zero-order valence-electron chi connectivity index (χ0n) is 15.9. The molecule has 1 aliphatic carbocycles. The van der Waals surface area contributed by atoms with Crippen LogP contribution >= 0.6 is 11.8 Å². The molecule has 1 heterocycles. The zero-order valence-corrected chi connectivity index (χ0v) is 17.6. The lowest BCUT2D eigenvalue weighted by Gasteiger charge is -2.24. The van der Waals surface area contributed by atoms with Crippen LogP contribution in [0.15, 0.2) is 34.2 Å². The fourth-order valence-corrected chi connectivity index (χ4v) is 5.55. The number of sulfonamides is 1. The number of benzene rings is 1. The molecule has 0 bridgehead atoms. The number of carbonyl (C=O) groups is 1. The second-order valence-corrected chi connectivity index (χ2v) is 9.84. The van der Waals surface area contributed by atoms with Crippen molar-refractivity contribution in [2.75, 3.05) is 5.75 Å². The van der Waals surface area contributed by atoms with Crippen LogP contribution in [0.5, 0.6) is 0 Å². The molecule has 0 saturated carbocycles. The van der Waals surface area contributed by atoms with Crippen LogP contribution in [-0.2, 0) is 34.0 Å². The summed E-state index contributed by atoms with van der Waals surface area (Å²) in [6.45, 7) is 1.41. The Morgan fingerprint density at radius 2 is 2.10 bits per heavy atom. The highest BCUT2D eigenvalue weighted by Crippen LogP contribution is 2.36. The Labute approximate surface area is 175 Å². The molecular weight excluding hydrogens is 443 g/mol. The number of hydrogen-bond donors (Lipinski definition) is 2. The van der Waals surface area contributed by atoms with E-state index >= 15 is 0 Å². The number of nitrogens with one attached hydrogen (secondary N) is 1. The van der Waals surface area contributed by atoms with Crippen LogP contribution in [0.3, 0.4) is 0 Å². The van der Waals surface area contributed by atoms with Gasteiger partial charge < -0.3 is 5.11 Å². The minimum Gasteiger partial charge on any atom is -0.480 e. The molecule has 0 amide bonds. The summed E-state index contributed by atoms with van der Waals surface area (Å²) < 4.78 is 69.4. The Morgan fingerprint density at radius 3 is 2.73 bits per heavy atom. The van der Waals surface area contributed by atoms with E-state index in [1.807, 2.05) is 0 Å². The maximum atomic E-state index is 13.3. The summed E-state index contributed by atoms with van der Waals surface area (Å²) in [5, 5.41) is 13.0. The highest BCUT2D eigenvalue weighted by Gasteiger charge is 2.34. The molecule has 2 N–H and O–H groups in total.